The van der Waals surface area contributed by atoms with Crippen LogP contribution in [0.25, 0.3) is 0 Å². The van der Waals surface area contributed by atoms with Crippen LogP contribution in [0.4, 0.5) is 0 Å². The molecule has 0 rings (SSSR count). The van der Waals surface area contributed by atoms with E-state index in [0.717, 1.165) is 122 Å². The van der Waals surface area contributed by atoms with Gasteiger partial charge in [0.1, 0.15) is 13.2 Å². The van der Waals surface area contributed by atoms with Gasteiger partial charge >= 0.3 is 17.9 Å². The molecular formula is C67H106O6. The predicted molar refractivity (Wildman–Crippen MR) is 315 cm³/mol. The molecule has 0 amide bonds. The van der Waals surface area contributed by atoms with Crippen molar-refractivity contribution in [2.24, 2.45) is 0 Å². The minimum atomic E-state index is -0.818. The first-order valence-corrected chi connectivity index (χ1v) is 29.3. The van der Waals surface area contributed by atoms with Gasteiger partial charge in [0.2, 0.25) is 0 Å². The Morgan fingerprint density at radius 2 is 0.562 bits per heavy atom. The van der Waals surface area contributed by atoms with Gasteiger partial charge in [0, 0.05) is 19.3 Å². The Hall–Kier alpha value is -4.71. The van der Waals surface area contributed by atoms with Crippen LogP contribution in [0.1, 0.15) is 239 Å². The van der Waals surface area contributed by atoms with Crippen LogP contribution in [-0.4, -0.2) is 37.2 Å². The molecule has 0 aromatic heterocycles. The number of hydrogen-bond acceptors (Lipinski definition) is 6. The lowest BCUT2D eigenvalue weighted by Gasteiger charge is -2.18. The maximum absolute atomic E-state index is 12.7. The van der Waals surface area contributed by atoms with Crippen LogP contribution in [-0.2, 0) is 28.6 Å². The number of carbonyl (C=O) groups excluding carboxylic acids is 3. The summed E-state index contributed by atoms with van der Waals surface area (Å²) in [5, 5.41) is 0. The van der Waals surface area contributed by atoms with Gasteiger partial charge in [-0.05, 0) is 109 Å². The number of ether oxygens (including phenoxy) is 3. The SMILES string of the molecule is CC/C=C\C/C=C\C/C=C\C/C=C\C/C=C\C/C=C\C/C=C\C/C=C\CCCCCCCCCCCCC(=O)OCC(COC(=O)CCCCCCCCC)OC(=O)CC/C=C\C/C=C\C/C=C\C/C=C\CC. The molecule has 0 aromatic rings. The molecule has 1 unspecified atom stereocenters. The second-order valence-corrected chi connectivity index (χ2v) is 18.8. The molecule has 0 aliphatic rings. The number of rotatable bonds is 51. The highest BCUT2D eigenvalue weighted by Crippen LogP contribution is 2.14. The summed E-state index contributed by atoms with van der Waals surface area (Å²) in [6, 6.07) is 0. The van der Waals surface area contributed by atoms with E-state index < -0.39 is 12.1 Å². The lowest BCUT2D eigenvalue weighted by Crippen LogP contribution is -2.30. The molecule has 0 aliphatic heterocycles. The summed E-state index contributed by atoms with van der Waals surface area (Å²) in [5.74, 6) is -1.01. The van der Waals surface area contributed by atoms with Gasteiger partial charge < -0.3 is 14.2 Å². The van der Waals surface area contributed by atoms with Crippen LogP contribution in [0, 0.1) is 0 Å². The third kappa shape index (κ3) is 58.1. The van der Waals surface area contributed by atoms with Crippen LogP contribution >= 0.6 is 0 Å². The molecule has 0 fully saturated rings. The van der Waals surface area contributed by atoms with Crippen molar-refractivity contribution in [2.75, 3.05) is 13.2 Å². The van der Waals surface area contributed by atoms with E-state index in [0.29, 0.717) is 19.3 Å². The smallest absolute Gasteiger partial charge is 0.306 e. The molecule has 6 nitrogen and oxygen atoms in total. The topological polar surface area (TPSA) is 78.9 Å². The van der Waals surface area contributed by atoms with E-state index in [2.05, 4.69) is 154 Å². The summed E-state index contributed by atoms with van der Waals surface area (Å²) in [7, 11) is 0. The van der Waals surface area contributed by atoms with Crippen LogP contribution in [0.2, 0.25) is 0 Å². The van der Waals surface area contributed by atoms with Gasteiger partial charge in [-0.2, -0.15) is 0 Å². The first-order valence-electron chi connectivity index (χ1n) is 29.3. The highest BCUT2D eigenvalue weighted by atomic mass is 16.6. The summed E-state index contributed by atoms with van der Waals surface area (Å²) in [4.78, 5) is 37.8. The molecule has 0 aromatic carbocycles. The Balaban J connectivity index is 4.13. The highest BCUT2D eigenvalue weighted by Gasteiger charge is 2.19. The number of esters is 3. The Morgan fingerprint density at radius 1 is 0.288 bits per heavy atom. The Morgan fingerprint density at radius 3 is 0.890 bits per heavy atom. The van der Waals surface area contributed by atoms with E-state index in [4.69, 9.17) is 14.2 Å². The van der Waals surface area contributed by atoms with Crippen molar-refractivity contribution >= 4 is 17.9 Å². The normalized spacial score (nSPS) is 13.2. The van der Waals surface area contributed by atoms with E-state index in [1.807, 2.05) is 12.2 Å². The Bertz CT molecular complexity index is 1630. The lowest BCUT2D eigenvalue weighted by atomic mass is 10.1. The largest absolute Gasteiger partial charge is 0.462 e. The maximum Gasteiger partial charge on any atom is 0.306 e. The van der Waals surface area contributed by atoms with Crippen molar-refractivity contribution < 1.29 is 28.6 Å². The molecule has 0 aliphatic carbocycles. The van der Waals surface area contributed by atoms with Crippen molar-refractivity contribution in [3.05, 3.63) is 146 Å². The zero-order valence-electron chi connectivity index (χ0n) is 46.8. The summed E-state index contributed by atoms with van der Waals surface area (Å²) >= 11 is 0. The first kappa shape index (κ1) is 68.3. The van der Waals surface area contributed by atoms with Gasteiger partial charge in [-0.15, -0.1) is 0 Å². The molecule has 0 radical (unpaired) electrons. The molecule has 410 valence electrons. The quantitative estimate of drug-likeness (QED) is 0.0261. The van der Waals surface area contributed by atoms with Crippen molar-refractivity contribution in [1.29, 1.82) is 0 Å². The third-order valence-corrected chi connectivity index (χ3v) is 11.9. The second kappa shape index (κ2) is 59.8. The zero-order valence-corrected chi connectivity index (χ0v) is 46.8. The summed E-state index contributed by atoms with van der Waals surface area (Å²) in [6.45, 7) is 6.28. The van der Waals surface area contributed by atoms with Gasteiger partial charge in [-0.1, -0.05) is 256 Å². The minimum absolute atomic E-state index is 0.111. The Kier molecular flexibility index (Phi) is 56.0. The van der Waals surface area contributed by atoms with Gasteiger partial charge in [-0.25, -0.2) is 0 Å². The summed E-state index contributed by atoms with van der Waals surface area (Å²) in [6.07, 6.45) is 86.1. The molecule has 1 atom stereocenters. The van der Waals surface area contributed by atoms with Crippen LogP contribution in [0.5, 0.6) is 0 Å². The van der Waals surface area contributed by atoms with Gasteiger partial charge in [0.25, 0.3) is 0 Å². The van der Waals surface area contributed by atoms with E-state index in [1.54, 1.807) is 0 Å². The molecule has 0 N–H and O–H groups in total. The average molecular weight is 1010 g/mol. The molecule has 0 saturated carbocycles. The maximum atomic E-state index is 12.7. The van der Waals surface area contributed by atoms with E-state index in [1.165, 1.54) is 70.6 Å². The summed E-state index contributed by atoms with van der Waals surface area (Å²) in [5.41, 5.74) is 0. The van der Waals surface area contributed by atoms with E-state index in [-0.39, 0.29) is 31.6 Å². The molecule has 0 heterocycles. The molecule has 73 heavy (non-hydrogen) atoms. The molecular weight excluding hydrogens is 901 g/mol. The number of hydrogen-bond donors (Lipinski definition) is 0. The minimum Gasteiger partial charge on any atom is -0.462 e. The predicted octanol–water partition coefficient (Wildman–Crippen LogP) is 20.0. The first-order chi connectivity index (χ1) is 36.0. The van der Waals surface area contributed by atoms with E-state index in [9.17, 15) is 14.4 Å². The van der Waals surface area contributed by atoms with Crippen molar-refractivity contribution in [2.45, 2.75) is 245 Å². The van der Waals surface area contributed by atoms with Crippen LogP contribution in [0.3, 0.4) is 0 Å². The van der Waals surface area contributed by atoms with Gasteiger partial charge in [-0.3, -0.25) is 14.4 Å². The van der Waals surface area contributed by atoms with Crippen molar-refractivity contribution in [3.63, 3.8) is 0 Å². The number of carbonyl (C=O) groups is 3. The van der Waals surface area contributed by atoms with Gasteiger partial charge in [0.05, 0.1) is 0 Å². The fourth-order valence-corrected chi connectivity index (χ4v) is 7.53. The van der Waals surface area contributed by atoms with Crippen molar-refractivity contribution in [3.8, 4) is 0 Å². The fourth-order valence-electron chi connectivity index (χ4n) is 7.53. The standard InChI is InChI=1S/C67H106O6/c1-4-7-10-13-16-18-20-22-23-24-25-26-27-28-29-30-31-32-33-34-35-36-37-38-39-40-41-42-43-45-46-48-51-54-57-60-66(69)72-63-64(62-71-65(68)59-56-53-50-15-12-9-6-3)73-67(70)61-58-55-52-49-47-44-21-19-17-14-11-8-5-2/h7-8,10-11,16-19,22-23,25-26,28-29,31-32,34-35,37-38,44,47,52,55,64H,4-6,9,12-15,20-21,24,27,30,33,36,39-43,45-46,48-51,53-54,56-63H2,1-3H3/b10-7-,11-8-,18-16-,19-17-,23-22-,26-25-,29-28-,32-31-,35-34-,38-37-,47-44-,55-52-. The van der Waals surface area contributed by atoms with Gasteiger partial charge in [0.15, 0.2) is 6.10 Å². The summed E-state index contributed by atoms with van der Waals surface area (Å²) < 4.78 is 16.7. The van der Waals surface area contributed by atoms with E-state index >= 15 is 0 Å². The van der Waals surface area contributed by atoms with Crippen molar-refractivity contribution in [1.82, 2.24) is 0 Å². The molecule has 0 bridgehead atoms. The zero-order chi connectivity index (χ0) is 52.9. The monoisotopic (exact) mass is 1010 g/mol. The van der Waals surface area contributed by atoms with Crippen LogP contribution in [0.15, 0.2) is 146 Å². The number of allylic oxidation sites excluding steroid dienone is 24. The second-order valence-electron chi connectivity index (χ2n) is 18.8. The molecule has 0 saturated heterocycles. The lowest BCUT2D eigenvalue weighted by molar-refractivity contribution is -0.166. The third-order valence-electron chi connectivity index (χ3n) is 11.9. The Labute approximate surface area is 448 Å². The van der Waals surface area contributed by atoms with Crippen LogP contribution < -0.4 is 0 Å². The number of unbranched alkanes of at least 4 members (excludes halogenated alkanes) is 16. The highest BCUT2D eigenvalue weighted by molar-refractivity contribution is 5.71. The molecule has 6 heteroatoms. The molecule has 0 spiro atoms. The fraction of sp³-hybridized carbons (Fsp3) is 0.597. The average Bonchev–Trinajstić information content (AvgIpc) is 3.39.